The summed E-state index contributed by atoms with van der Waals surface area (Å²) in [5.74, 6) is 0.171. The fourth-order valence-corrected chi connectivity index (χ4v) is 3.32. The highest BCUT2D eigenvalue weighted by molar-refractivity contribution is 6.04. The first kappa shape index (κ1) is 21.4. The van der Waals surface area contributed by atoms with Crippen molar-refractivity contribution in [3.63, 3.8) is 0 Å². The van der Waals surface area contributed by atoms with Crippen molar-refractivity contribution in [2.75, 3.05) is 5.32 Å². The summed E-state index contributed by atoms with van der Waals surface area (Å²) in [4.78, 5) is 46.3. The van der Waals surface area contributed by atoms with Crippen molar-refractivity contribution in [3.8, 4) is 5.95 Å². The van der Waals surface area contributed by atoms with Gasteiger partial charge in [0.2, 0.25) is 11.8 Å². The van der Waals surface area contributed by atoms with Crippen LogP contribution in [0.2, 0.25) is 0 Å². The lowest BCUT2D eigenvalue weighted by Crippen LogP contribution is -2.28. The molecular weight excluding hydrogens is 408 g/mol. The number of hydrogen-bond donors (Lipinski definition) is 1. The summed E-state index contributed by atoms with van der Waals surface area (Å²) >= 11 is 0. The highest BCUT2D eigenvalue weighted by atomic mass is 16.2. The van der Waals surface area contributed by atoms with Crippen LogP contribution in [0, 0.1) is 0 Å². The first-order valence-electron chi connectivity index (χ1n) is 10.3. The van der Waals surface area contributed by atoms with Gasteiger partial charge >= 0.3 is 0 Å². The van der Waals surface area contributed by atoms with Crippen molar-refractivity contribution in [1.82, 2.24) is 24.6 Å². The lowest BCUT2D eigenvalue weighted by molar-refractivity contribution is -0.139. The summed E-state index contributed by atoms with van der Waals surface area (Å²) in [7, 11) is 0. The van der Waals surface area contributed by atoms with Gasteiger partial charge < -0.3 is 5.32 Å². The zero-order chi connectivity index (χ0) is 22.9. The van der Waals surface area contributed by atoms with E-state index in [1.807, 2.05) is 26.8 Å². The molecule has 0 atom stereocenters. The van der Waals surface area contributed by atoms with E-state index in [0.29, 0.717) is 17.3 Å². The van der Waals surface area contributed by atoms with Gasteiger partial charge in [-0.25, -0.2) is 9.97 Å². The molecule has 2 aromatic heterocycles. The SMILES string of the molecule is CC(C)(C)c1cc(NC(=O)c2ccc(CN3C(=O)CCC3=O)cc2)n(-c2ncccn2)n1. The molecule has 3 amide bonds. The maximum Gasteiger partial charge on any atom is 0.256 e. The average molecular weight is 432 g/mol. The third-order valence-corrected chi connectivity index (χ3v) is 5.17. The molecule has 1 aromatic carbocycles. The Morgan fingerprint density at radius 1 is 1.03 bits per heavy atom. The van der Waals surface area contributed by atoms with Gasteiger partial charge in [-0.05, 0) is 23.8 Å². The van der Waals surface area contributed by atoms with E-state index in [2.05, 4.69) is 20.4 Å². The van der Waals surface area contributed by atoms with Gasteiger partial charge in [0.25, 0.3) is 11.9 Å². The van der Waals surface area contributed by atoms with Crippen LogP contribution in [-0.4, -0.2) is 42.4 Å². The van der Waals surface area contributed by atoms with Crippen molar-refractivity contribution in [2.45, 2.75) is 45.6 Å². The first-order valence-corrected chi connectivity index (χ1v) is 10.3. The zero-order valence-corrected chi connectivity index (χ0v) is 18.2. The zero-order valence-electron chi connectivity index (χ0n) is 18.2. The quantitative estimate of drug-likeness (QED) is 0.621. The Morgan fingerprint density at radius 2 is 1.66 bits per heavy atom. The van der Waals surface area contributed by atoms with Crippen LogP contribution >= 0.6 is 0 Å². The van der Waals surface area contributed by atoms with Gasteiger partial charge in [-0.15, -0.1) is 0 Å². The summed E-state index contributed by atoms with van der Waals surface area (Å²) in [6, 6.07) is 10.3. The van der Waals surface area contributed by atoms with Crippen molar-refractivity contribution in [3.05, 3.63) is 65.6 Å². The smallest absolute Gasteiger partial charge is 0.256 e. The number of amides is 3. The van der Waals surface area contributed by atoms with Crippen LogP contribution in [-0.2, 0) is 21.5 Å². The summed E-state index contributed by atoms with van der Waals surface area (Å²) in [5, 5.41) is 7.48. The molecule has 0 spiro atoms. The molecule has 0 aliphatic carbocycles. The number of aromatic nitrogens is 4. The fourth-order valence-electron chi connectivity index (χ4n) is 3.32. The van der Waals surface area contributed by atoms with E-state index in [9.17, 15) is 14.4 Å². The number of carbonyl (C=O) groups excluding carboxylic acids is 3. The van der Waals surface area contributed by atoms with E-state index < -0.39 is 0 Å². The first-order chi connectivity index (χ1) is 15.2. The van der Waals surface area contributed by atoms with E-state index >= 15 is 0 Å². The number of nitrogens with zero attached hydrogens (tertiary/aromatic N) is 5. The maximum absolute atomic E-state index is 12.9. The van der Waals surface area contributed by atoms with Gasteiger partial charge in [-0.2, -0.15) is 9.78 Å². The van der Waals surface area contributed by atoms with Crippen LogP contribution < -0.4 is 5.32 Å². The van der Waals surface area contributed by atoms with Gasteiger partial charge in [-0.1, -0.05) is 32.9 Å². The molecule has 0 saturated carbocycles. The number of likely N-dealkylation sites (tertiary alicyclic amines) is 1. The topological polar surface area (TPSA) is 110 Å². The van der Waals surface area contributed by atoms with Crippen molar-refractivity contribution >= 4 is 23.5 Å². The van der Waals surface area contributed by atoms with E-state index in [1.54, 1.807) is 42.7 Å². The van der Waals surface area contributed by atoms with Gasteiger partial charge in [0.05, 0.1) is 12.2 Å². The number of nitrogens with one attached hydrogen (secondary N) is 1. The fraction of sp³-hybridized carbons (Fsp3) is 0.304. The molecule has 9 nitrogen and oxygen atoms in total. The molecule has 0 bridgehead atoms. The second-order valence-corrected chi connectivity index (χ2v) is 8.65. The van der Waals surface area contributed by atoms with E-state index in [-0.39, 0.29) is 42.5 Å². The number of imide groups is 1. The minimum atomic E-state index is -0.317. The van der Waals surface area contributed by atoms with Gasteiger partial charge in [0.15, 0.2) is 0 Å². The van der Waals surface area contributed by atoms with Crippen LogP contribution in [0.4, 0.5) is 5.82 Å². The minimum absolute atomic E-state index is 0.164. The Labute approximate surface area is 185 Å². The normalized spacial score (nSPS) is 14.2. The number of rotatable bonds is 5. The molecule has 9 heteroatoms. The number of hydrogen-bond acceptors (Lipinski definition) is 6. The molecule has 0 radical (unpaired) electrons. The van der Waals surface area contributed by atoms with Gasteiger partial charge in [0, 0.05) is 42.3 Å². The Balaban J connectivity index is 1.54. The monoisotopic (exact) mass is 432 g/mol. The molecule has 1 saturated heterocycles. The number of anilines is 1. The molecule has 3 aromatic rings. The minimum Gasteiger partial charge on any atom is -0.306 e. The molecule has 4 rings (SSSR count). The van der Waals surface area contributed by atoms with E-state index in [1.165, 1.54) is 9.58 Å². The molecule has 0 unspecified atom stereocenters. The molecule has 1 fully saturated rings. The van der Waals surface area contributed by atoms with Crippen LogP contribution in [0.5, 0.6) is 0 Å². The molecule has 1 aliphatic rings. The Kier molecular flexibility index (Phi) is 5.56. The third kappa shape index (κ3) is 4.41. The molecule has 1 aliphatic heterocycles. The second-order valence-electron chi connectivity index (χ2n) is 8.65. The van der Waals surface area contributed by atoms with Crippen LogP contribution in [0.15, 0.2) is 48.8 Å². The maximum atomic E-state index is 12.9. The van der Waals surface area contributed by atoms with Crippen molar-refractivity contribution in [1.29, 1.82) is 0 Å². The lowest BCUT2D eigenvalue weighted by atomic mass is 9.92. The molecular formula is C23H24N6O3. The van der Waals surface area contributed by atoms with Crippen LogP contribution in [0.25, 0.3) is 5.95 Å². The Bertz CT molecular complexity index is 1150. The molecule has 32 heavy (non-hydrogen) atoms. The number of carbonyl (C=O) groups is 3. The molecule has 1 N–H and O–H groups in total. The van der Waals surface area contributed by atoms with E-state index in [0.717, 1.165) is 11.3 Å². The largest absolute Gasteiger partial charge is 0.306 e. The summed E-state index contributed by atoms with van der Waals surface area (Å²) < 4.78 is 1.51. The molecule has 3 heterocycles. The summed E-state index contributed by atoms with van der Waals surface area (Å²) in [5.41, 5.74) is 1.77. The van der Waals surface area contributed by atoms with Gasteiger partial charge in [0.1, 0.15) is 5.82 Å². The van der Waals surface area contributed by atoms with Crippen molar-refractivity contribution < 1.29 is 14.4 Å². The van der Waals surface area contributed by atoms with Crippen molar-refractivity contribution in [2.24, 2.45) is 0 Å². The molecule has 164 valence electrons. The highest BCUT2D eigenvalue weighted by Gasteiger charge is 2.28. The van der Waals surface area contributed by atoms with Crippen LogP contribution in [0.3, 0.4) is 0 Å². The second kappa shape index (κ2) is 8.33. The predicted molar refractivity (Wildman–Crippen MR) is 117 cm³/mol. The highest BCUT2D eigenvalue weighted by Crippen LogP contribution is 2.26. The Morgan fingerprint density at radius 3 is 2.25 bits per heavy atom. The lowest BCUT2D eigenvalue weighted by Gasteiger charge is -2.14. The average Bonchev–Trinajstić information content (AvgIpc) is 3.33. The summed E-state index contributed by atoms with van der Waals surface area (Å²) in [6.45, 7) is 6.32. The standard InChI is InChI=1S/C23H24N6O3/c1-23(2,3)17-13-18(29(27-17)22-24-11-4-12-25-22)26-21(32)16-7-5-15(6-8-16)14-28-19(30)9-10-20(28)31/h4-8,11-13H,9-10,14H2,1-3H3,(H,26,32). The predicted octanol–water partition coefficient (Wildman–Crippen LogP) is 2.86. The summed E-state index contributed by atoms with van der Waals surface area (Å²) in [6.07, 6.45) is 3.74. The Hall–Kier alpha value is -3.88. The van der Waals surface area contributed by atoms with E-state index in [4.69, 9.17) is 0 Å². The third-order valence-electron chi connectivity index (χ3n) is 5.17. The van der Waals surface area contributed by atoms with Crippen LogP contribution in [0.1, 0.15) is 55.2 Å². The number of benzene rings is 1. The van der Waals surface area contributed by atoms with Gasteiger partial charge in [-0.3, -0.25) is 19.3 Å².